The van der Waals surface area contributed by atoms with Crippen molar-refractivity contribution in [2.45, 2.75) is 29.9 Å². The molecule has 3 N–H and O–H groups in total. The van der Waals surface area contributed by atoms with Crippen LogP contribution >= 0.6 is 0 Å². The van der Waals surface area contributed by atoms with Gasteiger partial charge in [-0.1, -0.05) is 0 Å². The fourth-order valence-corrected chi connectivity index (χ4v) is 4.88. The van der Waals surface area contributed by atoms with Crippen LogP contribution in [0.2, 0.25) is 0 Å². The predicted molar refractivity (Wildman–Crippen MR) is 103 cm³/mol. The van der Waals surface area contributed by atoms with E-state index in [-0.39, 0.29) is 40.1 Å². The summed E-state index contributed by atoms with van der Waals surface area (Å²) < 4.78 is 48.5. The maximum atomic E-state index is 13.5. The number of hydrogen-bond acceptors (Lipinski definition) is 6. The summed E-state index contributed by atoms with van der Waals surface area (Å²) in [4.78, 5) is 12.6. The van der Waals surface area contributed by atoms with E-state index in [2.05, 4.69) is 10.0 Å². The summed E-state index contributed by atoms with van der Waals surface area (Å²) in [5, 5.41) is 21.8. The van der Waals surface area contributed by atoms with Gasteiger partial charge < -0.3 is 19.7 Å². The van der Waals surface area contributed by atoms with Gasteiger partial charge in [0.1, 0.15) is 23.4 Å². The number of anilines is 1. The lowest BCUT2D eigenvalue weighted by molar-refractivity contribution is 0.0898. The van der Waals surface area contributed by atoms with E-state index in [9.17, 15) is 22.7 Å². The molecule has 1 aliphatic heterocycles. The number of ether oxygens (including phenoxy) is 1. The average molecular weight is 434 g/mol. The third-order valence-electron chi connectivity index (χ3n) is 5.18. The molecule has 1 saturated carbocycles. The molecule has 4 rings (SSSR count). The summed E-state index contributed by atoms with van der Waals surface area (Å²) >= 11 is 0. The Bertz CT molecular complexity index is 1170. The number of aromatic nitrogens is 1. The first-order chi connectivity index (χ1) is 14.2. The first-order valence-electron chi connectivity index (χ1n) is 9.25. The van der Waals surface area contributed by atoms with Crippen LogP contribution in [-0.4, -0.2) is 42.8 Å². The molecule has 1 amide bonds. The number of aliphatic hydroxyl groups is 1. The van der Waals surface area contributed by atoms with Crippen molar-refractivity contribution in [3.05, 3.63) is 41.5 Å². The molecule has 1 aromatic heterocycles. The molecule has 0 spiro atoms. The molecule has 2 aliphatic rings. The second kappa shape index (κ2) is 7.39. The number of aryl methyl sites for hydroxylation is 1. The molecular weight excluding hydrogens is 415 g/mol. The number of benzene rings is 1. The predicted octanol–water partition coefficient (Wildman–Crippen LogP) is 1.10. The van der Waals surface area contributed by atoms with E-state index in [1.54, 1.807) is 6.07 Å². The topological polar surface area (TPSA) is 133 Å². The highest BCUT2D eigenvalue weighted by molar-refractivity contribution is 7.89. The summed E-state index contributed by atoms with van der Waals surface area (Å²) in [7, 11) is -2.54. The molecule has 30 heavy (non-hydrogen) atoms. The van der Waals surface area contributed by atoms with Gasteiger partial charge in [0.25, 0.3) is 5.91 Å². The third-order valence-corrected chi connectivity index (χ3v) is 6.67. The van der Waals surface area contributed by atoms with Crippen LogP contribution in [-0.2, 0) is 17.1 Å². The Balaban J connectivity index is 1.65. The Kier molecular flexibility index (Phi) is 5.01. The van der Waals surface area contributed by atoms with Gasteiger partial charge in [0, 0.05) is 18.9 Å². The number of nitrogens with one attached hydrogen (secondary N) is 2. The number of amides is 1. The number of hydrogen-bond donors (Lipinski definition) is 3. The van der Waals surface area contributed by atoms with Crippen LogP contribution in [0.1, 0.15) is 28.9 Å². The number of rotatable bonds is 4. The normalized spacial score (nSPS) is 20.9. The number of nitrogens with zero attached hydrogens (tertiary/aromatic N) is 2. The number of nitriles is 1. The number of aliphatic hydroxyl groups excluding tert-OH is 1. The van der Waals surface area contributed by atoms with Crippen LogP contribution in [0.5, 0.6) is 5.75 Å². The third kappa shape index (κ3) is 3.65. The van der Waals surface area contributed by atoms with E-state index in [4.69, 9.17) is 10.00 Å². The zero-order valence-corrected chi connectivity index (χ0v) is 16.7. The summed E-state index contributed by atoms with van der Waals surface area (Å²) in [6, 6.07) is 4.37. The molecule has 2 unspecified atom stereocenters. The zero-order valence-electron chi connectivity index (χ0n) is 15.9. The zero-order chi connectivity index (χ0) is 21.6. The summed E-state index contributed by atoms with van der Waals surface area (Å²) in [5.74, 6) is -1.51. The molecule has 158 valence electrons. The van der Waals surface area contributed by atoms with Crippen molar-refractivity contribution in [1.82, 2.24) is 9.29 Å². The molecule has 0 bridgehead atoms. The Morgan fingerprint density at radius 1 is 1.47 bits per heavy atom. The highest BCUT2D eigenvalue weighted by Crippen LogP contribution is 2.37. The molecule has 2 atom stereocenters. The Hall–Kier alpha value is -2.94. The number of halogens is 1. The van der Waals surface area contributed by atoms with Gasteiger partial charge in [-0.25, -0.2) is 17.5 Å². The van der Waals surface area contributed by atoms with Crippen molar-refractivity contribution in [1.29, 1.82) is 5.26 Å². The molecule has 0 saturated heterocycles. The molecule has 2 heterocycles. The van der Waals surface area contributed by atoms with Crippen LogP contribution in [0.3, 0.4) is 0 Å². The van der Waals surface area contributed by atoms with Gasteiger partial charge in [0.05, 0.1) is 17.7 Å². The van der Waals surface area contributed by atoms with Gasteiger partial charge in [0.15, 0.2) is 11.4 Å². The standard InChI is InChI=1S/C19H19FN4O5S/c1-24-8-15-18(29-9-14(23-30(15,27)28)17(25)10-2-3-10)16(24)19(26)22-12-4-5-13(20)11(6-12)7-21/h4-6,8,10,14,17,23,25H,2-3,9H2,1H3,(H,22,26). The molecule has 1 aliphatic carbocycles. The van der Waals surface area contributed by atoms with Crippen molar-refractivity contribution >= 4 is 21.6 Å². The minimum atomic E-state index is -4.03. The molecule has 1 fully saturated rings. The highest BCUT2D eigenvalue weighted by Gasteiger charge is 2.41. The van der Waals surface area contributed by atoms with Gasteiger partial charge >= 0.3 is 0 Å². The molecule has 9 nitrogen and oxygen atoms in total. The number of sulfonamides is 1. The Morgan fingerprint density at radius 3 is 2.87 bits per heavy atom. The lowest BCUT2D eigenvalue weighted by Crippen LogP contribution is -2.46. The van der Waals surface area contributed by atoms with E-state index in [1.165, 1.54) is 29.9 Å². The maximum Gasteiger partial charge on any atom is 0.276 e. The second-order valence-corrected chi connectivity index (χ2v) is 9.09. The van der Waals surface area contributed by atoms with E-state index in [0.717, 1.165) is 18.9 Å². The molecule has 11 heteroatoms. The van der Waals surface area contributed by atoms with Gasteiger partial charge in [0.2, 0.25) is 10.0 Å². The smallest absolute Gasteiger partial charge is 0.276 e. The number of fused-ring (bicyclic) bond motifs is 1. The van der Waals surface area contributed by atoms with Crippen molar-refractivity contribution < 1.29 is 27.4 Å². The molecule has 0 radical (unpaired) electrons. The molecule has 1 aromatic carbocycles. The van der Waals surface area contributed by atoms with Crippen molar-refractivity contribution in [3.8, 4) is 11.8 Å². The van der Waals surface area contributed by atoms with Crippen molar-refractivity contribution in [2.75, 3.05) is 11.9 Å². The maximum absolute atomic E-state index is 13.5. The van der Waals surface area contributed by atoms with Crippen LogP contribution < -0.4 is 14.8 Å². The first-order valence-corrected chi connectivity index (χ1v) is 10.7. The lowest BCUT2D eigenvalue weighted by atomic mass is 10.1. The van der Waals surface area contributed by atoms with Crippen LogP contribution in [0.25, 0.3) is 0 Å². The number of carbonyl (C=O) groups is 1. The summed E-state index contributed by atoms with van der Waals surface area (Å²) in [5.41, 5.74) is -0.122. The monoisotopic (exact) mass is 434 g/mol. The van der Waals surface area contributed by atoms with E-state index < -0.39 is 33.9 Å². The van der Waals surface area contributed by atoms with Crippen LogP contribution in [0, 0.1) is 23.1 Å². The summed E-state index contributed by atoms with van der Waals surface area (Å²) in [6.45, 7) is -0.136. The molecular formula is C19H19FN4O5S. The highest BCUT2D eigenvalue weighted by atomic mass is 32.2. The van der Waals surface area contributed by atoms with Gasteiger partial charge in [-0.3, -0.25) is 4.79 Å². The van der Waals surface area contributed by atoms with Crippen molar-refractivity contribution in [2.24, 2.45) is 13.0 Å². The van der Waals surface area contributed by atoms with E-state index in [0.29, 0.717) is 0 Å². The SMILES string of the molecule is Cn1cc2c(c1C(=O)Nc1ccc(F)c(C#N)c1)OCC(C(O)C1CC1)NS2(=O)=O. The van der Waals surface area contributed by atoms with Crippen LogP contribution in [0.15, 0.2) is 29.3 Å². The lowest BCUT2D eigenvalue weighted by Gasteiger charge is -2.21. The Morgan fingerprint density at radius 2 is 2.20 bits per heavy atom. The van der Waals surface area contributed by atoms with E-state index in [1.807, 2.05) is 0 Å². The minimum absolute atomic E-state index is 0.0282. The minimum Gasteiger partial charge on any atom is -0.488 e. The average Bonchev–Trinajstić information content (AvgIpc) is 3.49. The van der Waals surface area contributed by atoms with E-state index >= 15 is 0 Å². The second-order valence-electron chi connectivity index (χ2n) is 7.41. The fraction of sp³-hybridized carbons (Fsp3) is 0.368. The van der Waals surface area contributed by atoms with Crippen molar-refractivity contribution in [3.63, 3.8) is 0 Å². The quantitative estimate of drug-likeness (QED) is 0.660. The summed E-state index contributed by atoms with van der Waals surface area (Å²) in [6.07, 6.45) is 2.02. The molecule has 2 aromatic rings. The largest absolute Gasteiger partial charge is 0.488 e. The van der Waals surface area contributed by atoms with Gasteiger partial charge in [-0.2, -0.15) is 5.26 Å². The number of carbonyl (C=O) groups excluding carboxylic acids is 1. The fourth-order valence-electron chi connectivity index (χ4n) is 3.45. The first kappa shape index (κ1) is 20.3. The van der Waals surface area contributed by atoms with Gasteiger partial charge in [-0.15, -0.1) is 0 Å². The van der Waals surface area contributed by atoms with Gasteiger partial charge in [-0.05, 0) is 37.0 Å². The Labute approximate surface area is 172 Å². The van der Waals surface area contributed by atoms with Crippen LogP contribution in [0.4, 0.5) is 10.1 Å².